The Morgan fingerprint density at radius 2 is 1.84 bits per heavy atom. The molecule has 0 saturated carbocycles. The van der Waals surface area contributed by atoms with Gasteiger partial charge in [0.15, 0.2) is 0 Å². The summed E-state index contributed by atoms with van der Waals surface area (Å²) in [5.41, 5.74) is 3.04. The molecule has 3 heterocycles. The van der Waals surface area contributed by atoms with E-state index in [1.807, 2.05) is 59.3 Å². The van der Waals surface area contributed by atoms with Gasteiger partial charge in [0.25, 0.3) is 0 Å². The number of anilines is 3. The van der Waals surface area contributed by atoms with Gasteiger partial charge in [0.2, 0.25) is 0 Å². The zero-order chi connectivity index (χ0) is 20.3. The molecule has 1 fully saturated rings. The summed E-state index contributed by atoms with van der Waals surface area (Å²) in [5, 5.41) is 4.73. The molecular formula is C25H22N5Pt-3. The van der Waals surface area contributed by atoms with Crippen LogP contribution in [0.1, 0.15) is 11.7 Å². The fourth-order valence-electron chi connectivity index (χ4n) is 3.77. The van der Waals surface area contributed by atoms with Crippen molar-refractivity contribution in [2.24, 2.45) is 0 Å². The van der Waals surface area contributed by atoms with Crippen molar-refractivity contribution in [2.75, 3.05) is 25.0 Å². The average molecular weight is 588 g/mol. The topological polar surface area (TPSA) is 38.4 Å². The Kier molecular flexibility index (Phi) is 6.67. The van der Waals surface area contributed by atoms with Gasteiger partial charge in [-0.2, -0.15) is 29.8 Å². The summed E-state index contributed by atoms with van der Waals surface area (Å²) in [6.07, 6.45) is 5.16. The molecule has 5 rings (SSSR count). The first-order chi connectivity index (χ1) is 14.8. The van der Waals surface area contributed by atoms with Crippen LogP contribution in [0.2, 0.25) is 0 Å². The zero-order valence-electron chi connectivity index (χ0n) is 17.1. The van der Waals surface area contributed by atoms with Crippen molar-refractivity contribution in [3.8, 4) is 5.82 Å². The molecule has 1 unspecified atom stereocenters. The van der Waals surface area contributed by atoms with Crippen molar-refractivity contribution in [1.29, 1.82) is 0 Å². The smallest absolute Gasteiger partial charge is 0.127 e. The van der Waals surface area contributed by atoms with E-state index in [0.29, 0.717) is 0 Å². The van der Waals surface area contributed by atoms with Crippen molar-refractivity contribution in [1.82, 2.24) is 14.5 Å². The molecule has 0 radical (unpaired) electrons. The largest absolute Gasteiger partial charge is 0.644 e. The summed E-state index contributed by atoms with van der Waals surface area (Å²) in [4.78, 5) is 9.30. The van der Waals surface area contributed by atoms with Crippen LogP contribution in [0.3, 0.4) is 0 Å². The van der Waals surface area contributed by atoms with E-state index in [1.165, 1.54) is 0 Å². The molecule has 2 aromatic heterocycles. The summed E-state index contributed by atoms with van der Waals surface area (Å²) in [6, 6.07) is 30.0. The van der Waals surface area contributed by atoms with Crippen molar-refractivity contribution in [2.45, 2.75) is 6.17 Å². The SMILES string of the molecule is CN1CC[N-]C1c1[c-]c(N(c2ccccc2)c2cccc(-n3[c-]ccc3)n2)ccc1.[Pt]. The molecule has 2 aromatic carbocycles. The van der Waals surface area contributed by atoms with Crippen LogP contribution >= 0.6 is 0 Å². The van der Waals surface area contributed by atoms with E-state index in [4.69, 9.17) is 10.3 Å². The van der Waals surface area contributed by atoms with Gasteiger partial charge in [-0.1, -0.05) is 48.4 Å². The summed E-state index contributed by atoms with van der Waals surface area (Å²) < 4.78 is 1.89. The number of nitrogens with zero attached hydrogens (tertiary/aromatic N) is 5. The van der Waals surface area contributed by atoms with Gasteiger partial charge in [0.1, 0.15) is 5.82 Å². The van der Waals surface area contributed by atoms with Gasteiger partial charge in [-0.05, 0) is 31.8 Å². The molecule has 1 aliphatic heterocycles. The monoisotopic (exact) mass is 587 g/mol. The second kappa shape index (κ2) is 9.61. The van der Waals surface area contributed by atoms with Crippen molar-refractivity contribution < 1.29 is 21.1 Å². The molecule has 0 amide bonds. The molecule has 0 N–H and O–H groups in total. The van der Waals surface area contributed by atoms with Crippen LogP contribution in [0.25, 0.3) is 11.1 Å². The second-order valence-electron chi connectivity index (χ2n) is 7.28. The Balaban J connectivity index is 0.00000231. The zero-order valence-corrected chi connectivity index (χ0v) is 19.4. The molecule has 4 aromatic rings. The van der Waals surface area contributed by atoms with E-state index < -0.39 is 0 Å². The van der Waals surface area contributed by atoms with Gasteiger partial charge in [-0.25, -0.2) is 0 Å². The molecule has 0 spiro atoms. The maximum absolute atomic E-state index is 4.91. The maximum atomic E-state index is 4.91. The summed E-state index contributed by atoms with van der Waals surface area (Å²) in [6.45, 7) is 1.83. The minimum absolute atomic E-state index is 0. The van der Waals surface area contributed by atoms with Crippen LogP contribution in [-0.2, 0) is 21.1 Å². The first-order valence-corrected chi connectivity index (χ1v) is 10.1. The van der Waals surface area contributed by atoms with Crippen LogP contribution in [0.4, 0.5) is 17.2 Å². The Morgan fingerprint density at radius 1 is 1.00 bits per heavy atom. The number of hydrogen-bond acceptors (Lipinski definition) is 3. The molecule has 0 bridgehead atoms. The molecule has 1 aliphatic rings. The van der Waals surface area contributed by atoms with E-state index in [-0.39, 0.29) is 27.2 Å². The number of likely N-dealkylation sites (N-methyl/N-ethyl adjacent to an activating group) is 1. The Hall–Kier alpha value is -2.72. The van der Waals surface area contributed by atoms with Gasteiger partial charge >= 0.3 is 0 Å². The predicted octanol–water partition coefficient (Wildman–Crippen LogP) is 5.26. The van der Waals surface area contributed by atoms with E-state index in [1.54, 1.807) is 0 Å². The van der Waals surface area contributed by atoms with Gasteiger partial charge in [-0.15, -0.1) is 24.9 Å². The maximum Gasteiger partial charge on any atom is 0.127 e. The molecule has 5 nitrogen and oxygen atoms in total. The fraction of sp³-hybridized carbons (Fsp3) is 0.160. The number of benzene rings is 2. The third kappa shape index (κ3) is 4.49. The van der Waals surface area contributed by atoms with E-state index in [2.05, 4.69) is 59.4 Å². The molecule has 0 aliphatic carbocycles. The molecule has 6 heteroatoms. The number of aromatic nitrogens is 2. The molecule has 31 heavy (non-hydrogen) atoms. The minimum Gasteiger partial charge on any atom is -0.644 e. The van der Waals surface area contributed by atoms with Gasteiger partial charge in [0.05, 0.1) is 5.82 Å². The van der Waals surface area contributed by atoms with Crippen LogP contribution in [0, 0.1) is 12.3 Å². The number of hydrogen-bond donors (Lipinski definition) is 0. The van der Waals surface area contributed by atoms with Crippen LogP contribution in [0.5, 0.6) is 0 Å². The summed E-state index contributed by atoms with van der Waals surface area (Å²) in [5.74, 6) is 1.64. The van der Waals surface area contributed by atoms with E-state index in [0.717, 1.165) is 41.7 Å². The van der Waals surface area contributed by atoms with Gasteiger partial charge < -0.3 is 19.7 Å². The predicted molar refractivity (Wildman–Crippen MR) is 120 cm³/mol. The van der Waals surface area contributed by atoms with Gasteiger partial charge in [-0.3, -0.25) is 4.98 Å². The second-order valence-corrected chi connectivity index (χ2v) is 7.28. The van der Waals surface area contributed by atoms with E-state index >= 15 is 0 Å². The molecular weight excluding hydrogens is 565 g/mol. The Bertz CT molecular complexity index is 1110. The summed E-state index contributed by atoms with van der Waals surface area (Å²) in [7, 11) is 2.11. The van der Waals surface area contributed by atoms with Crippen LogP contribution in [-0.4, -0.2) is 34.6 Å². The Morgan fingerprint density at radius 3 is 2.58 bits per heavy atom. The normalized spacial score (nSPS) is 16.1. The first-order valence-electron chi connectivity index (χ1n) is 10.1. The fourth-order valence-corrected chi connectivity index (χ4v) is 3.77. The molecule has 1 saturated heterocycles. The van der Waals surface area contributed by atoms with E-state index in [9.17, 15) is 0 Å². The molecule has 160 valence electrons. The van der Waals surface area contributed by atoms with Crippen LogP contribution < -0.4 is 4.90 Å². The molecule has 1 atom stereocenters. The third-order valence-electron chi connectivity index (χ3n) is 5.25. The quantitative estimate of drug-likeness (QED) is 0.299. The van der Waals surface area contributed by atoms with Gasteiger partial charge in [0, 0.05) is 26.8 Å². The standard InChI is InChI=1S/C25H22N5.Pt/c1-28-18-15-26-25(28)20-9-7-12-22(19-20)30(21-10-3-2-4-11-21)24-14-8-13-23(27-24)29-16-5-6-17-29;/h2-14,16,25H,15,18H2,1H3;/q-3;. The Labute approximate surface area is 197 Å². The number of rotatable bonds is 5. The number of para-hydroxylation sites is 1. The minimum atomic E-state index is 0. The first kappa shape index (κ1) is 21.5. The van der Waals surface area contributed by atoms with Crippen molar-refractivity contribution in [3.05, 3.63) is 108 Å². The van der Waals surface area contributed by atoms with Crippen molar-refractivity contribution in [3.63, 3.8) is 0 Å². The number of pyridine rings is 1. The van der Waals surface area contributed by atoms with Crippen LogP contribution in [0.15, 0.2) is 85.1 Å². The third-order valence-corrected chi connectivity index (χ3v) is 5.25. The van der Waals surface area contributed by atoms with Crippen molar-refractivity contribution >= 4 is 17.2 Å². The average Bonchev–Trinajstić information content (AvgIpc) is 3.47. The summed E-state index contributed by atoms with van der Waals surface area (Å²) >= 11 is 0.